The maximum Gasteiger partial charge on any atom is 0.269 e. The second kappa shape index (κ2) is 6.90. The minimum Gasteiger partial charge on any atom is -0.398 e. The van der Waals surface area contributed by atoms with Crippen molar-refractivity contribution in [1.29, 1.82) is 0 Å². The monoisotopic (exact) mass is 319 g/mol. The van der Waals surface area contributed by atoms with Crippen molar-refractivity contribution in [2.45, 2.75) is 10.1 Å². The molecule has 0 amide bonds. The Hall–Kier alpha value is -2.61. The molecule has 0 saturated heterocycles. The van der Waals surface area contributed by atoms with Crippen LogP contribution in [0, 0.1) is 20.2 Å². The van der Waals surface area contributed by atoms with Crippen LogP contribution in [0.5, 0.6) is 0 Å². The lowest BCUT2D eigenvalue weighted by Crippen LogP contribution is -2.10. The van der Waals surface area contributed by atoms with Gasteiger partial charge in [0.15, 0.2) is 0 Å². The first-order valence-electron chi connectivity index (χ1n) is 6.34. The standard InChI is InChI=1S/C14H13N3O4S/c15-12-3-1-2-4-13(12)22-14(9-16(18)19)10-5-7-11(8-6-10)17(20)21/h1-8,14H,9,15H2/t14-/m0/s1. The molecule has 0 aliphatic carbocycles. The number of non-ortho nitro benzene ring substituents is 1. The largest absolute Gasteiger partial charge is 0.398 e. The van der Waals surface area contributed by atoms with Crippen molar-refractivity contribution in [2.24, 2.45) is 0 Å². The Balaban J connectivity index is 2.27. The van der Waals surface area contributed by atoms with Crippen LogP contribution in [-0.4, -0.2) is 16.4 Å². The van der Waals surface area contributed by atoms with Crippen LogP contribution in [0.15, 0.2) is 53.4 Å². The van der Waals surface area contributed by atoms with Crippen molar-refractivity contribution < 1.29 is 9.85 Å². The van der Waals surface area contributed by atoms with Crippen LogP contribution >= 0.6 is 11.8 Å². The lowest BCUT2D eigenvalue weighted by molar-refractivity contribution is -0.479. The number of benzene rings is 2. The first-order valence-corrected chi connectivity index (χ1v) is 7.22. The number of nitrogens with two attached hydrogens (primary N) is 1. The molecule has 1 atom stereocenters. The number of nitro groups is 2. The number of nitrogens with zero attached hydrogens (tertiary/aromatic N) is 2. The molecule has 0 aliphatic rings. The molecule has 2 N–H and O–H groups in total. The molecule has 0 heterocycles. The highest BCUT2D eigenvalue weighted by Gasteiger charge is 2.21. The number of thioether (sulfide) groups is 1. The first-order chi connectivity index (χ1) is 10.5. The van der Waals surface area contributed by atoms with Gasteiger partial charge in [-0.25, -0.2) is 0 Å². The molecule has 0 fully saturated rings. The summed E-state index contributed by atoms with van der Waals surface area (Å²) in [6.07, 6.45) is 0. The fourth-order valence-electron chi connectivity index (χ4n) is 1.90. The van der Waals surface area contributed by atoms with Gasteiger partial charge in [-0.2, -0.15) is 0 Å². The summed E-state index contributed by atoms with van der Waals surface area (Å²) < 4.78 is 0. The number of nitrogen functional groups attached to an aromatic ring is 1. The van der Waals surface area contributed by atoms with Crippen LogP contribution < -0.4 is 5.73 Å². The number of hydrogen-bond acceptors (Lipinski definition) is 6. The van der Waals surface area contributed by atoms with Crippen LogP contribution in [0.25, 0.3) is 0 Å². The van der Waals surface area contributed by atoms with Gasteiger partial charge in [-0.3, -0.25) is 20.2 Å². The van der Waals surface area contributed by atoms with Gasteiger partial charge in [0.2, 0.25) is 6.54 Å². The first kappa shape index (κ1) is 15.8. The van der Waals surface area contributed by atoms with Gasteiger partial charge in [0.25, 0.3) is 5.69 Å². The molecule has 8 heteroatoms. The fraction of sp³-hybridized carbons (Fsp3) is 0.143. The lowest BCUT2D eigenvalue weighted by atomic mass is 10.1. The van der Waals surface area contributed by atoms with Crippen molar-refractivity contribution in [3.63, 3.8) is 0 Å². The molecule has 0 spiro atoms. The van der Waals surface area contributed by atoms with Crippen molar-refractivity contribution in [1.82, 2.24) is 0 Å². The van der Waals surface area contributed by atoms with E-state index in [0.29, 0.717) is 11.3 Å². The number of para-hydroxylation sites is 1. The molecule has 22 heavy (non-hydrogen) atoms. The third-order valence-corrected chi connectivity index (χ3v) is 4.31. The minimum absolute atomic E-state index is 0.0483. The predicted molar refractivity (Wildman–Crippen MR) is 84.4 cm³/mol. The van der Waals surface area contributed by atoms with Crippen LogP contribution in [0.4, 0.5) is 11.4 Å². The average Bonchev–Trinajstić information content (AvgIpc) is 2.48. The zero-order chi connectivity index (χ0) is 16.1. The topological polar surface area (TPSA) is 112 Å². The summed E-state index contributed by atoms with van der Waals surface area (Å²) in [7, 11) is 0. The Morgan fingerprint density at radius 2 is 1.68 bits per heavy atom. The molecule has 0 saturated carbocycles. The van der Waals surface area contributed by atoms with E-state index >= 15 is 0 Å². The number of rotatable bonds is 6. The van der Waals surface area contributed by atoms with Crippen molar-refractivity contribution in [3.05, 3.63) is 74.3 Å². The molecule has 0 unspecified atom stereocenters. The maximum atomic E-state index is 10.9. The van der Waals surface area contributed by atoms with E-state index in [4.69, 9.17) is 5.73 Å². The van der Waals surface area contributed by atoms with E-state index in [2.05, 4.69) is 0 Å². The quantitative estimate of drug-likeness (QED) is 0.378. The summed E-state index contributed by atoms with van der Waals surface area (Å²) in [5.41, 5.74) is 7.01. The summed E-state index contributed by atoms with van der Waals surface area (Å²) in [5.74, 6) is 0. The summed E-state index contributed by atoms with van der Waals surface area (Å²) in [6, 6.07) is 12.9. The van der Waals surface area contributed by atoms with Crippen molar-refractivity contribution in [2.75, 3.05) is 12.3 Å². The molecular formula is C14H13N3O4S. The summed E-state index contributed by atoms with van der Waals surface area (Å²) in [5, 5.41) is 21.1. The predicted octanol–water partition coefficient (Wildman–Crippen LogP) is 3.29. The van der Waals surface area contributed by atoms with Gasteiger partial charge >= 0.3 is 0 Å². The van der Waals surface area contributed by atoms with Gasteiger partial charge in [0.1, 0.15) is 0 Å². The maximum absolute atomic E-state index is 10.9. The van der Waals surface area contributed by atoms with E-state index in [9.17, 15) is 20.2 Å². The SMILES string of the molecule is Nc1ccccc1S[C@@H](C[N+](=O)[O-])c1ccc([N+](=O)[O-])cc1. The van der Waals surface area contributed by atoms with Crippen molar-refractivity contribution in [3.8, 4) is 0 Å². The fourth-order valence-corrected chi connectivity index (χ4v) is 3.06. The average molecular weight is 319 g/mol. The number of anilines is 1. The second-order valence-electron chi connectivity index (χ2n) is 4.51. The summed E-state index contributed by atoms with van der Waals surface area (Å²) in [6.45, 7) is -0.295. The minimum atomic E-state index is -0.505. The van der Waals surface area contributed by atoms with Gasteiger partial charge in [-0.1, -0.05) is 24.3 Å². The van der Waals surface area contributed by atoms with Gasteiger partial charge in [-0.15, -0.1) is 11.8 Å². The summed E-state index contributed by atoms with van der Waals surface area (Å²) in [4.78, 5) is 21.4. The third-order valence-electron chi connectivity index (χ3n) is 2.98. The smallest absolute Gasteiger partial charge is 0.269 e. The summed E-state index contributed by atoms with van der Waals surface area (Å²) >= 11 is 1.27. The Labute approximate surface area is 130 Å². The van der Waals surface area contributed by atoms with E-state index in [0.717, 1.165) is 4.90 Å². The highest BCUT2D eigenvalue weighted by atomic mass is 32.2. The van der Waals surface area contributed by atoms with Crippen LogP contribution in [0.2, 0.25) is 0 Å². The highest BCUT2D eigenvalue weighted by molar-refractivity contribution is 7.99. The third kappa shape index (κ3) is 3.95. The Morgan fingerprint density at radius 1 is 1.05 bits per heavy atom. The van der Waals surface area contributed by atoms with Gasteiger partial charge < -0.3 is 5.73 Å². The Kier molecular flexibility index (Phi) is 4.95. The molecule has 2 aromatic carbocycles. The van der Waals surface area contributed by atoms with Crippen LogP contribution in [0.3, 0.4) is 0 Å². The molecule has 2 aromatic rings. The lowest BCUT2D eigenvalue weighted by Gasteiger charge is -2.14. The van der Waals surface area contributed by atoms with Crippen LogP contribution in [-0.2, 0) is 0 Å². The normalized spacial score (nSPS) is 11.8. The molecule has 2 rings (SSSR count). The molecular weight excluding hydrogens is 306 g/mol. The molecule has 114 valence electrons. The molecule has 0 radical (unpaired) electrons. The van der Waals surface area contributed by atoms with Crippen LogP contribution in [0.1, 0.15) is 10.8 Å². The zero-order valence-electron chi connectivity index (χ0n) is 11.4. The van der Waals surface area contributed by atoms with E-state index in [1.807, 2.05) is 0 Å². The molecule has 0 aliphatic heterocycles. The van der Waals surface area contributed by atoms with Gasteiger partial charge in [0.05, 0.1) is 10.2 Å². The number of nitro benzene ring substituents is 1. The van der Waals surface area contributed by atoms with E-state index in [1.165, 1.54) is 23.9 Å². The number of hydrogen-bond donors (Lipinski definition) is 1. The molecule has 0 bridgehead atoms. The van der Waals surface area contributed by atoms with E-state index in [1.54, 1.807) is 36.4 Å². The second-order valence-corrected chi connectivity index (χ2v) is 5.75. The highest BCUT2D eigenvalue weighted by Crippen LogP contribution is 2.38. The van der Waals surface area contributed by atoms with Gasteiger partial charge in [-0.05, 0) is 17.7 Å². The Morgan fingerprint density at radius 3 is 2.23 bits per heavy atom. The van der Waals surface area contributed by atoms with E-state index < -0.39 is 15.1 Å². The Bertz CT molecular complexity index is 691. The van der Waals surface area contributed by atoms with Gasteiger partial charge in [0, 0.05) is 27.6 Å². The molecule has 0 aromatic heterocycles. The molecule has 7 nitrogen and oxygen atoms in total. The van der Waals surface area contributed by atoms with E-state index in [-0.39, 0.29) is 12.2 Å². The zero-order valence-corrected chi connectivity index (χ0v) is 12.2. The van der Waals surface area contributed by atoms with Crippen molar-refractivity contribution >= 4 is 23.1 Å².